The van der Waals surface area contributed by atoms with Crippen LogP contribution in [0.4, 0.5) is 0 Å². The van der Waals surface area contributed by atoms with Gasteiger partial charge < -0.3 is 15.7 Å². The van der Waals surface area contributed by atoms with E-state index in [-0.39, 0.29) is 11.3 Å². The minimum atomic E-state index is -0.630. The molecule has 2 aromatic carbocycles. The molecule has 0 aromatic heterocycles. The number of amides is 1. The number of nitrogens with two attached hydrogens (primary N) is 1. The predicted octanol–water partition coefficient (Wildman–Crippen LogP) is 4.78. The lowest BCUT2D eigenvalue weighted by Crippen LogP contribution is -2.47. The van der Waals surface area contributed by atoms with Crippen LogP contribution in [0, 0.1) is 5.92 Å². The molecule has 1 aliphatic carbocycles. The van der Waals surface area contributed by atoms with E-state index in [0.29, 0.717) is 11.5 Å². The molecule has 1 saturated carbocycles. The number of hydrogen-bond acceptors (Lipinski definition) is 3. The van der Waals surface area contributed by atoms with Gasteiger partial charge in [-0.1, -0.05) is 69.5 Å². The van der Waals surface area contributed by atoms with Crippen molar-refractivity contribution in [3.8, 4) is 0 Å². The molecule has 1 heterocycles. The summed E-state index contributed by atoms with van der Waals surface area (Å²) in [5, 5.41) is 11.1. The summed E-state index contributed by atoms with van der Waals surface area (Å²) >= 11 is 0. The van der Waals surface area contributed by atoms with Crippen molar-refractivity contribution < 1.29 is 9.90 Å². The van der Waals surface area contributed by atoms with Gasteiger partial charge in [0.1, 0.15) is 0 Å². The van der Waals surface area contributed by atoms with Crippen molar-refractivity contribution >= 4 is 5.91 Å². The molecule has 4 rings (SSSR count). The molecular formula is C28H38N2O2. The van der Waals surface area contributed by atoms with E-state index in [4.69, 9.17) is 5.73 Å². The number of rotatable bonds is 6. The third kappa shape index (κ3) is 4.77. The van der Waals surface area contributed by atoms with E-state index in [9.17, 15) is 9.90 Å². The second-order valence-electron chi connectivity index (χ2n) is 10.4. The van der Waals surface area contributed by atoms with Gasteiger partial charge in [0.2, 0.25) is 5.91 Å². The molecule has 2 unspecified atom stereocenters. The third-order valence-electron chi connectivity index (χ3n) is 8.24. The summed E-state index contributed by atoms with van der Waals surface area (Å²) in [5.74, 6) is 0.120. The predicted molar refractivity (Wildman–Crippen MR) is 130 cm³/mol. The maximum atomic E-state index is 11.6. The monoisotopic (exact) mass is 434 g/mol. The van der Waals surface area contributed by atoms with E-state index in [2.05, 4.69) is 49.1 Å². The Morgan fingerprint density at radius 2 is 1.78 bits per heavy atom. The molecule has 2 aromatic rings. The van der Waals surface area contributed by atoms with Crippen LogP contribution in [0.1, 0.15) is 79.4 Å². The minimum Gasteiger partial charge on any atom is -0.385 e. The van der Waals surface area contributed by atoms with E-state index < -0.39 is 5.60 Å². The molecule has 2 atom stereocenters. The first-order chi connectivity index (χ1) is 15.3. The van der Waals surface area contributed by atoms with Crippen molar-refractivity contribution in [2.24, 2.45) is 11.7 Å². The number of piperidine rings is 1. The topological polar surface area (TPSA) is 66.6 Å². The van der Waals surface area contributed by atoms with Gasteiger partial charge in [-0.25, -0.2) is 0 Å². The molecule has 4 nitrogen and oxygen atoms in total. The van der Waals surface area contributed by atoms with E-state index in [1.165, 1.54) is 17.5 Å². The molecular weight excluding hydrogens is 396 g/mol. The van der Waals surface area contributed by atoms with Crippen LogP contribution >= 0.6 is 0 Å². The van der Waals surface area contributed by atoms with Crippen LogP contribution < -0.4 is 5.73 Å². The first-order valence-electron chi connectivity index (χ1n) is 12.2. The van der Waals surface area contributed by atoms with Crippen LogP contribution in [0.2, 0.25) is 0 Å². The van der Waals surface area contributed by atoms with E-state index in [0.717, 1.165) is 63.7 Å². The lowest BCUT2D eigenvalue weighted by molar-refractivity contribution is -0.000705. The highest BCUT2D eigenvalue weighted by Crippen LogP contribution is 2.40. The SMILES string of the molecule is CC1CN(CCc2cccc(C3(O)CCCCC3)c2)CCC1(C)c1cccc(C(N)=O)c1. The first kappa shape index (κ1) is 23.0. The molecule has 32 heavy (non-hydrogen) atoms. The standard InChI is InChI=1S/C28H38N2O2/c1-21-20-30(17-15-27(21,2)24-10-7-9-23(19-24)26(29)31)16-12-22-8-6-11-25(18-22)28(32)13-4-3-5-14-28/h6-11,18-19,21,32H,3-5,12-17,20H2,1-2H3,(H2,29,31). The summed E-state index contributed by atoms with van der Waals surface area (Å²) in [7, 11) is 0. The molecule has 3 N–H and O–H groups in total. The fourth-order valence-electron chi connectivity index (χ4n) is 5.71. The van der Waals surface area contributed by atoms with Crippen molar-refractivity contribution in [1.29, 1.82) is 0 Å². The molecule has 2 fully saturated rings. The number of primary amides is 1. The van der Waals surface area contributed by atoms with Crippen LogP contribution in [0.3, 0.4) is 0 Å². The van der Waals surface area contributed by atoms with E-state index in [1.54, 1.807) is 6.07 Å². The van der Waals surface area contributed by atoms with Gasteiger partial charge in [-0.2, -0.15) is 0 Å². The average molecular weight is 435 g/mol. The van der Waals surface area contributed by atoms with E-state index >= 15 is 0 Å². The van der Waals surface area contributed by atoms with Crippen LogP contribution in [0.5, 0.6) is 0 Å². The number of hydrogen-bond donors (Lipinski definition) is 2. The molecule has 4 heteroatoms. The van der Waals surface area contributed by atoms with Crippen LogP contribution in [-0.4, -0.2) is 35.5 Å². The smallest absolute Gasteiger partial charge is 0.248 e. The molecule has 0 spiro atoms. The Morgan fingerprint density at radius 3 is 2.50 bits per heavy atom. The van der Waals surface area contributed by atoms with Gasteiger partial charge >= 0.3 is 0 Å². The Labute approximate surface area is 192 Å². The largest absolute Gasteiger partial charge is 0.385 e. The van der Waals surface area contributed by atoms with Crippen molar-refractivity contribution in [3.63, 3.8) is 0 Å². The highest BCUT2D eigenvalue weighted by atomic mass is 16.3. The fourth-order valence-corrected chi connectivity index (χ4v) is 5.71. The summed E-state index contributed by atoms with van der Waals surface area (Å²) < 4.78 is 0. The van der Waals surface area contributed by atoms with Gasteiger partial charge in [-0.3, -0.25) is 4.79 Å². The Balaban J connectivity index is 1.38. The van der Waals surface area contributed by atoms with Crippen molar-refractivity contribution in [3.05, 3.63) is 70.8 Å². The second kappa shape index (κ2) is 9.36. The highest BCUT2D eigenvalue weighted by molar-refractivity contribution is 5.92. The van der Waals surface area contributed by atoms with Crippen LogP contribution in [-0.2, 0) is 17.4 Å². The van der Waals surface area contributed by atoms with Gasteiger partial charge in [-0.05, 0) is 72.4 Å². The Hall–Kier alpha value is -2.17. The maximum Gasteiger partial charge on any atom is 0.248 e. The quantitative estimate of drug-likeness (QED) is 0.688. The summed E-state index contributed by atoms with van der Waals surface area (Å²) in [6, 6.07) is 16.5. The number of likely N-dealkylation sites (tertiary alicyclic amines) is 1. The zero-order valence-corrected chi connectivity index (χ0v) is 19.6. The van der Waals surface area contributed by atoms with Crippen molar-refractivity contribution in [2.45, 2.75) is 69.8 Å². The van der Waals surface area contributed by atoms with Crippen LogP contribution in [0.15, 0.2) is 48.5 Å². The molecule has 1 amide bonds. The zero-order valence-electron chi connectivity index (χ0n) is 19.6. The number of carbonyl (C=O) groups is 1. The Morgan fingerprint density at radius 1 is 1.06 bits per heavy atom. The van der Waals surface area contributed by atoms with Crippen molar-refractivity contribution in [1.82, 2.24) is 4.90 Å². The number of carbonyl (C=O) groups excluding carboxylic acids is 1. The highest BCUT2D eigenvalue weighted by Gasteiger charge is 2.38. The number of aliphatic hydroxyl groups is 1. The summed E-state index contributed by atoms with van der Waals surface area (Å²) in [5.41, 5.74) is 9.16. The van der Waals surface area contributed by atoms with Gasteiger partial charge in [0.25, 0.3) is 0 Å². The number of nitrogens with zero attached hydrogens (tertiary/aromatic N) is 1. The number of benzene rings is 2. The molecule has 2 aliphatic rings. The summed E-state index contributed by atoms with van der Waals surface area (Å²) in [6.07, 6.45) is 7.31. The lowest BCUT2D eigenvalue weighted by atomic mass is 9.68. The summed E-state index contributed by atoms with van der Waals surface area (Å²) in [6.45, 7) is 7.77. The average Bonchev–Trinajstić information content (AvgIpc) is 2.80. The van der Waals surface area contributed by atoms with Crippen molar-refractivity contribution in [2.75, 3.05) is 19.6 Å². The van der Waals surface area contributed by atoms with Crippen LogP contribution in [0.25, 0.3) is 0 Å². The van der Waals surface area contributed by atoms with E-state index in [1.807, 2.05) is 12.1 Å². The van der Waals surface area contributed by atoms with Gasteiger partial charge in [0, 0.05) is 18.7 Å². The Kier molecular flexibility index (Phi) is 6.73. The van der Waals surface area contributed by atoms with Gasteiger partial charge in [-0.15, -0.1) is 0 Å². The summed E-state index contributed by atoms with van der Waals surface area (Å²) in [4.78, 5) is 14.2. The molecule has 0 radical (unpaired) electrons. The fraction of sp³-hybridized carbons (Fsp3) is 0.536. The molecule has 172 valence electrons. The second-order valence-corrected chi connectivity index (χ2v) is 10.4. The Bertz CT molecular complexity index is 950. The minimum absolute atomic E-state index is 0.0477. The normalized spacial score (nSPS) is 26.0. The first-order valence-corrected chi connectivity index (χ1v) is 12.2. The molecule has 1 aliphatic heterocycles. The third-order valence-corrected chi connectivity index (χ3v) is 8.24. The molecule has 1 saturated heterocycles. The van der Waals surface area contributed by atoms with Gasteiger partial charge in [0.15, 0.2) is 0 Å². The molecule has 0 bridgehead atoms. The van der Waals surface area contributed by atoms with Gasteiger partial charge in [0.05, 0.1) is 5.60 Å². The maximum absolute atomic E-state index is 11.6. The lowest BCUT2D eigenvalue weighted by Gasteiger charge is -2.45. The zero-order chi connectivity index (χ0) is 22.8.